The minimum Gasteiger partial charge on any atom is -0.352 e. The Labute approximate surface area is 231 Å². The molecule has 6 nitrogen and oxygen atoms in total. The number of amides is 2. The number of aryl methyl sites for hydroxylation is 2. The van der Waals surface area contributed by atoms with E-state index in [2.05, 4.69) is 11.4 Å². The Morgan fingerprint density at radius 3 is 2.51 bits per heavy atom. The molecule has 2 aliphatic rings. The molecule has 8 heteroatoms. The van der Waals surface area contributed by atoms with Crippen molar-refractivity contribution in [2.45, 2.75) is 38.0 Å². The van der Waals surface area contributed by atoms with Gasteiger partial charge in [0.25, 0.3) is 0 Å². The molecule has 0 saturated heterocycles. The molecule has 4 aromatic rings. The van der Waals surface area contributed by atoms with Crippen LogP contribution in [0.4, 0.5) is 10.2 Å². The van der Waals surface area contributed by atoms with Crippen molar-refractivity contribution >= 4 is 29.4 Å². The van der Waals surface area contributed by atoms with Crippen LogP contribution in [0.15, 0.2) is 72.8 Å². The van der Waals surface area contributed by atoms with Crippen molar-refractivity contribution in [2.75, 3.05) is 17.2 Å². The highest BCUT2D eigenvalue weighted by molar-refractivity contribution is 8.00. The lowest BCUT2D eigenvalue weighted by atomic mass is 9.99. The number of hydrogen-bond acceptors (Lipinski definition) is 4. The molecule has 0 radical (unpaired) electrons. The van der Waals surface area contributed by atoms with Gasteiger partial charge in [0.05, 0.1) is 22.4 Å². The maximum absolute atomic E-state index is 15.3. The summed E-state index contributed by atoms with van der Waals surface area (Å²) in [7, 11) is 0. The van der Waals surface area contributed by atoms with Gasteiger partial charge in [0.2, 0.25) is 11.8 Å². The van der Waals surface area contributed by atoms with Gasteiger partial charge in [-0.15, -0.1) is 11.8 Å². The van der Waals surface area contributed by atoms with Gasteiger partial charge in [-0.2, -0.15) is 5.10 Å². The van der Waals surface area contributed by atoms with Crippen LogP contribution in [0.25, 0.3) is 16.9 Å². The molecular formula is C31H29FN4O2S. The van der Waals surface area contributed by atoms with E-state index in [1.165, 1.54) is 17.8 Å². The van der Waals surface area contributed by atoms with Crippen LogP contribution in [-0.2, 0) is 9.59 Å². The van der Waals surface area contributed by atoms with Gasteiger partial charge in [-0.1, -0.05) is 66.2 Å². The lowest BCUT2D eigenvalue weighted by molar-refractivity contribution is -0.123. The van der Waals surface area contributed by atoms with Crippen LogP contribution in [0.1, 0.15) is 40.3 Å². The van der Waals surface area contributed by atoms with Gasteiger partial charge < -0.3 is 5.32 Å². The Morgan fingerprint density at radius 1 is 1.05 bits per heavy atom. The van der Waals surface area contributed by atoms with Crippen molar-refractivity contribution in [1.29, 1.82) is 0 Å². The van der Waals surface area contributed by atoms with Crippen LogP contribution < -0.4 is 10.2 Å². The van der Waals surface area contributed by atoms with Gasteiger partial charge in [-0.25, -0.2) is 9.07 Å². The summed E-state index contributed by atoms with van der Waals surface area (Å²) in [6, 6.07) is 22.6. The first kappa shape index (κ1) is 25.4. The van der Waals surface area contributed by atoms with Gasteiger partial charge in [0, 0.05) is 22.7 Å². The monoisotopic (exact) mass is 540 g/mol. The first-order valence-corrected chi connectivity index (χ1v) is 14.2. The highest BCUT2D eigenvalue weighted by Gasteiger charge is 2.39. The minimum absolute atomic E-state index is 0.103. The molecule has 198 valence electrons. The van der Waals surface area contributed by atoms with E-state index in [0.29, 0.717) is 17.1 Å². The number of anilines is 1. The maximum Gasteiger partial charge on any atom is 0.240 e. The van der Waals surface area contributed by atoms with Crippen molar-refractivity contribution in [1.82, 2.24) is 15.1 Å². The second kappa shape index (κ2) is 10.3. The molecule has 1 aliphatic heterocycles. The molecule has 1 atom stereocenters. The van der Waals surface area contributed by atoms with E-state index in [-0.39, 0.29) is 36.0 Å². The number of fused-ring (bicyclic) bond motifs is 1. The molecule has 39 heavy (non-hydrogen) atoms. The quantitative estimate of drug-likeness (QED) is 0.339. The zero-order valence-electron chi connectivity index (χ0n) is 21.9. The summed E-state index contributed by atoms with van der Waals surface area (Å²) in [6.45, 7) is 3.90. The molecule has 2 heterocycles. The van der Waals surface area contributed by atoms with Crippen molar-refractivity contribution in [2.24, 2.45) is 0 Å². The molecule has 0 unspecified atom stereocenters. The topological polar surface area (TPSA) is 67.2 Å². The van der Waals surface area contributed by atoms with E-state index in [4.69, 9.17) is 5.10 Å². The molecule has 0 spiro atoms. The molecular weight excluding hydrogens is 511 g/mol. The minimum atomic E-state index is -0.503. The summed E-state index contributed by atoms with van der Waals surface area (Å²) >= 11 is 1.37. The fourth-order valence-electron chi connectivity index (χ4n) is 5.12. The number of nitrogens with one attached hydrogen (secondary N) is 1. The largest absolute Gasteiger partial charge is 0.352 e. The summed E-state index contributed by atoms with van der Waals surface area (Å²) < 4.78 is 17.1. The highest BCUT2D eigenvalue weighted by Crippen LogP contribution is 2.49. The SMILES string of the molecule is Cc1ccc(-n2nc(-c3ccccc3)c3c2N(CC(=O)NC2CC2)C(=O)CS[C@H]3c2ccccc2F)c(C)c1. The third-order valence-electron chi connectivity index (χ3n) is 7.15. The molecule has 1 N–H and O–H groups in total. The van der Waals surface area contributed by atoms with Crippen LogP contribution in [0.5, 0.6) is 0 Å². The molecule has 1 saturated carbocycles. The van der Waals surface area contributed by atoms with Crippen LogP contribution in [0.3, 0.4) is 0 Å². The van der Waals surface area contributed by atoms with Crippen molar-refractivity contribution in [3.63, 3.8) is 0 Å². The molecule has 0 bridgehead atoms. The predicted molar refractivity (Wildman–Crippen MR) is 153 cm³/mol. The van der Waals surface area contributed by atoms with Gasteiger partial charge in [-0.3, -0.25) is 14.5 Å². The number of rotatable bonds is 6. The Bertz CT molecular complexity index is 1560. The van der Waals surface area contributed by atoms with Gasteiger partial charge in [0.15, 0.2) is 0 Å². The predicted octanol–water partition coefficient (Wildman–Crippen LogP) is 5.74. The molecule has 6 rings (SSSR count). The molecule has 1 fully saturated rings. The van der Waals surface area contributed by atoms with Gasteiger partial charge in [-0.05, 0) is 44.4 Å². The Balaban J connectivity index is 1.63. The summed E-state index contributed by atoms with van der Waals surface area (Å²) in [5.74, 6) is -0.148. The zero-order chi connectivity index (χ0) is 27.1. The average molecular weight is 541 g/mol. The normalized spacial score (nSPS) is 17.1. The molecule has 1 aromatic heterocycles. The number of carbonyl (C=O) groups is 2. The van der Waals surface area contributed by atoms with Crippen molar-refractivity contribution in [3.05, 3.63) is 101 Å². The average Bonchev–Trinajstić information content (AvgIpc) is 3.68. The maximum atomic E-state index is 15.3. The van der Waals surface area contributed by atoms with E-state index >= 15 is 4.39 Å². The second-order valence-electron chi connectivity index (χ2n) is 10.2. The van der Waals surface area contributed by atoms with Crippen LogP contribution in [0.2, 0.25) is 0 Å². The fraction of sp³-hybridized carbons (Fsp3) is 0.258. The standard InChI is InChI=1S/C31H29FN4O2S/c1-19-12-15-25(20(2)16-19)36-31-28(29(34-36)21-8-4-3-5-9-21)30(23-10-6-7-11-24(23)32)39-18-27(38)35(31)17-26(37)33-22-13-14-22/h3-12,15-16,22,30H,13-14,17-18H2,1-2H3,(H,33,37)/t30-/m0/s1. The third kappa shape index (κ3) is 4.96. The van der Waals surface area contributed by atoms with E-state index in [9.17, 15) is 9.59 Å². The highest BCUT2D eigenvalue weighted by atomic mass is 32.2. The summed E-state index contributed by atoms with van der Waals surface area (Å²) in [6.07, 6.45) is 1.91. The zero-order valence-corrected chi connectivity index (χ0v) is 22.7. The van der Waals surface area contributed by atoms with Crippen molar-refractivity contribution in [3.8, 4) is 16.9 Å². The molecule has 2 amide bonds. The fourth-order valence-corrected chi connectivity index (χ4v) is 6.34. The third-order valence-corrected chi connectivity index (χ3v) is 8.39. The number of benzene rings is 3. The van der Waals surface area contributed by atoms with Gasteiger partial charge in [0.1, 0.15) is 18.2 Å². The Hall–Kier alpha value is -3.91. The number of hydrogen-bond donors (Lipinski definition) is 1. The Morgan fingerprint density at radius 2 is 1.79 bits per heavy atom. The lowest BCUT2D eigenvalue weighted by Crippen LogP contribution is -2.43. The van der Waals surface area contributed by atoms with E-state index < -0.39 is 5.25 Å². The number of carbonyl (C=O) groups excluding carboxylic acids is 2. The van der Waals surface area contributed by atoms with E-state index in [1.54, 1.807) is 21.7 Å². The smallest absolute Gasteiger partial charge is 0.240 e. The van der Waals surface area contributed by atoms with Crippen LogP contribution in [0, 0.1) is 19.7 Å². The van der Waals surface area contributed by atoms with Crippen LogP contribution >= 0.6 is 11.8 Å². The number of thioether (sulfide) groups is 1. The van der Waals surface area contributed by atoms with Crippen molar-refractivity contribution < 1.29 is 14.0 Å². The molecule has 3 aromatic carbocycles. The first-order chi connectivity index (χ1) is 18.9. The second-order valence-corrected chi connectivity index (χ2v) is 11.3. The summed E-state index contributed by atoms with van der Waals surface area (Å²) in [5, 5.41) is 7.60. The number of aromatic nitrogens is 2. The summed E-state index contributed by atoms with van der Waals surface area (Å²) in [4.78, 5) is 28.3. The number of nitrogens with zero attached hydrogens (tertiary/aromatic N) is 3. The van der Waals surface area contributed by atoms with E-state index in [0.717, 1.165) is 40.8 Å². The van der Waals surface area contributed by atoms with Crippen LogP contribution in [-0.4, -0.2) is 39.9 Å². The number of halogens is 1. The lowest BCUT2D eigenvalue weighted by Gasteiger charge is -2.24. The van der Waals surface area contributed by atoms with Gasteiger partial charge >= 0.3 is 0 Å². The summed E-state index contributed by atoms with van der Waals surface area (Å²) in [5.41, 5.74) is 5.62. The van der Waals surface area contributed by atoms with E-state index in [1.807, 2.05) is 62.4 Å². The first-order valence-electron chi connectivity index (χ1n) is 13.1. The Kier molecular flexibility index (Phi) is 6.73. The molecule has 1 aliphatic carbocycles.